The predicted molar refractivity (Wildman–Crippen MR) is 106 cm³/mol. The number of amides is 1. The highest BCUT2D eigenvalue weighted by molar-refractivity contribution is 6.42. The summed E-state index contributed by atoms with van der Waals surface area (Å²) in [4.78, 5) is 23.9. The molecular formula is C19H16Cl2N4O3. The number of nitrogens with zero attached hydrogens (tertiary/aromatic N) is 3. The van der Waals surface area contributed by atoms with E-state index in [2.05, 4.69) is 20.4 Å². The fourth-order valence-electron chi connectivity index (χ4n) is 2.49. The normalized spacial score (nSPS) is 10.6. The van der Waals surface area contributed by atoms with Crippen LogP contribution in [0.2, 0.25) is 10.0 Å². The quantitative estimate of drug-likeness (QED) is 0.633. The van der Waals surface area contributed by atoms with Crippen LogP contribution < -0.4 is 5.32 Å². The Morgan fingerprint density at radius 1 is 1.07 bits per heavy atom. The van der Waals surface area contributed by atoms with E-state index in [-0.39, 0.29) is 5.91 Å². The zero-order valence-electron chi connectivity index (χ0n) is 15.1. The Bertz CT molecular complexity index is 1030. The van der Waals surface area contributed by atoms with Gasteiger partial charge in [-0.3, -0.25) is 4.79 Å². The van der Waals surface area contributed by atoms with Crippen molar-refractivity contribution in [2.45, 2.75) is 13.5 Å². The first-order chi connectivity index (χ1) is 13.4. The molecule has 0 unspecified atom stereocenters. The molecule has 0 saturated heterocycles. The molecule has 1 aromatic heterocycles. The fraction of sp³-hybridized carbons (Fsp3) is 0.158. The van der Waals surface area contributed by atoms with Gasteiger partial charge in [0.15, 0.2) is 5.82 Å². The highest BCUT2D eigenvalue weighted by Gasteiger charge is 2.14. The standard InChI is InChI=1S/C19H16Cl2N4O3/c1-11-17(22-18(26)13-4-6-14(7-5-13)19(27)28-2)23-24-25(11)10-12-3-8-15(20)16(21)9-12/h3-9H,10H2,1-2H3,(H,22,26). The zero-order valence-corrected chi connectivity index (χ0v) is 16.6. The summed E-state index contributed by atoms with van der Waals surface area (Å²) in [5, 5.41) is 11.8. The number of benzene rings is 2. The molecule has 144 valence electrons. The maximum Gasteiger partial charge on any atom is 0.337 e. The number of hydrogen-bond acceptors (Lipinski definition) is 5. The lowest BCUT2D eigenvalue weighted by molar-refractivity contribution is 0.0600. The minimum Gasteiger partial charge on any atom is -0.465 e. The lowest BCUT2D eigenvalue weighted by Gasteiger charge is -2.07. The van der Waals surface area contributed by atoms with Crippen molar-refractivity contribution in [3.8, 4) is 0 Å². The lowest BCUT2D eigenvalue weighted by atomic mass is 10.1. The Hall–Kier alpha value is -2.90. The first kappa shape index (κ1) is 19.9. The van der Waals surface area contributed by atoms with Crippen LogP contribution in [0.4, 0.5) is 5.82 Å². The van der Waals surface area contributed by atoms with Gasteiger partial charge >= 0.3 is 5.97 Å². The summed E-state index contributed by atoms with van der Waals surface area (Å²) in [5.74, 6) is -0.476. The molecule has 3 rings (SSSR count). The van der Waals surface area contributed by atoms with Gasteiger partial charge in [-0.25, -0.2) is 9.48 Å². The number of halogens is 2. The van der Waals surface area contributed by atoms with Crippen molar-refractivity contribution in [3.05, 3.63) is 74.9 Å². The number of esters is 1. The number of aromatic nitrogens is 3. The number of anilines is 1. The maximum atomic E-state index is 12.4. The second kappa shape index (κ2) is 8.41. The van der Waals surface area contributed by atoms with Crippen molar-refractivity contribution in [1.82, 2.24) is 15.0 Å². The van der Waals surface area contributed by atoms with Crippen molar-refractivity contribution in [1.29, 1.82) is 0 Å². The second-order valence-corrected chi connectivity index (χ2v) is 6.77. The highest BCUT2D eigenvalue weighted by Crippen LogP contribution is 2.23. The van der Waals surface area contributed by atoms with E-state index >= 15 is 0 Å². The van der Waals surface area contributed by atoms with Crippen LogP contribution in [0.15, 0.2) is 42.5 Å². The van der Waals surface area contributed by atoms with Crippen molar-refractivity contribution >= 4 is 40.9 Å². The molecule has 1 heterocycles. The number of methoxy groups -OCH3 is 1. The number of rotatable bonds is 5. The van der Waals surface area contributed by atoms with Gasteiger partial charge in [-0.2, -0.15) is 0 Å². The Kier molecular flexibility index (Phi) is 5.96. The minimum atomic E-state index is -0.465. The topological polar surface area (TPSA) is 86.1 Å². The van der Waals surface area contributed by atoms with E-state index in [4.69, 9.17) is 23.2 Å². The van der Waals surface area contributed by atoms with Crippen LogP contribution in [-0.2, 0) is 11.3 Å². The van der Waals surface area contributed by atoms with E-state index in [0.29, 0.717) is 39.2 Å². The van der Waals surface area contributed by atoms with E-state index in [1.54, 1.807) is 23.7 Å². The van der Waals surface area contributed by atoms with Gasteiger partial charge in [-0.15, -0.1) is 5.10 Å². The molecule has 0 atom stereocenters. The van der Waals surface area contributed by atoms with Crippen LogP contribution in [0.25, 0.3) is 0 Å². The highest BCUT2D eigenvalue weighted by atomic mass is 35.5. The smallest absolute Gasteiger partial charge is 0.337 e. The molecule has 0 radical (unpaired) electrons. The Balaban J connectivity index is 1.72. The number of nitrogens with one attached hydrogen (secondary N) is 1. The number of carbonyl (C=O) groups is 2. The molecule has 0 spiro atoms. The maximum absolute atomic E-state index is 12.4. The Labute approximate surface area is 171 Å². The molecular weight excluding hydrogens is 403 g/mol. The van der Waals surface area contributed by atoms with E-state index in [9.17, 15) is 9.59 Å². The molecule has 0 bridgehead atoms. The fourth-order valence-corrected chi connectivity index (χ4v) is 2.81. The third-order valence-corrected chi connectivity index (χ3v) is 4.84. The summed E-state index contributed by atoms with van der Waals surface area (Å²) in [6.07, 6.45) is 0. The monoisotopic (exact) mass is 418 g/mol. The first-order valence-corrected chi connectivity index (χ1v) is 8.98. The van der Waals surface area contributed by atoms with Gasteiger partial charge in [0.05, 0.1) is 35.0 Å². The number of hydrogen-bond donors (Lipinski definition) is 1. The molecule has 3 aromatic rings. The molecule has 0 aliphatic rings. The van der Waals surface area contributed by atoms with Gasteiger partial charge in [-0.05, 0) is 48.9 Å². The summed E-state index contributed by atoms with van der Waals surface area (Å²) < 4.78 is 6.29. The van der Waals surface area contributed by atoms with Crippen molar-refractivity contribution in [3.63, 3.8) is 0 Å². The van der Waals surface area contributed by atoms with E-state index in [1.807, 2.05) is 6.07 Å². The van der Waals surface area contributed by atoms with Crippen molar-refractivity contribution < 1.29 is 14.3 Å². The van der Waals surface area contributed by atoms with Gasteiger partial charge in [0, 0.05) is 5.56 Å². The second-order valence-electron chi connectivity index (χ2n) is 5.95. The van der Waals surface area contributed by atoms with Crippen LogP contribution >= 0.6 is 23.2 Å². The first-order valence-electron chi connectivity index (χ1n) is 8.22. The molecule has 0 aliphatic heterocycles. The molecule has 0 aliphatic carbocycles. The number of ether oxygens (including phenoxy) is 1. The van der Waals surface area contributed by atoms with Gasteiger partial charge in [0.1, 0.15) is 0 Å². The van der Waals surface area contributed by atoms with Crippen LogP contribution in [0.3, 0.4) is 0 Å². The third kappa shape index (κ3) is 4.32. The zero-order chi connectivity index (χ0) is 20.3. The molecule has 1 N–H and O–H groups in total. The average molecular weight is 419 g/mol. The van der Waals surface area contributed by atoms with Gasteiger partial charge in [0.25, 0.3) is 5.91 Å². The summed E-state index contributed by atoms with van der Waals surface area (Å²) in [6.45, 7) is 2.23. The van der Waals surface area contributed by atoms with Crippen LogP contribution in [-0.4, -0.2) is 34.0 Å². The van der Waals surface area contributed by atoms with Gasteiger partial charge in [0.2, 0.25) is 0 Å². The molecule has 7 nitrogen and oxygen atoms in total. The van der Waals surface area contributed by atoms with Crippen LogP contribution in [0.5, 0.6) is 0 Å². The minimum absolute atomic E-state index is 0.349. The van der Waals surface area contributed by atoms with Crippen molar-refractivity contribution in [2.24, 2.45) is 0 Å². The van der Waals surface area contributed by atoms with E-state index < -0.39 is 5.97 Å². The summed E-state index contributed by atoms with van der Waals surface area (Å²) in [7, 11) is 1.30. The van der Waals surface area contributed by atoms with E-state index in [1.165, 1.54) is 31.4 Å². The Morgan fingerprint density at radius 2 is 1.75 bits per heavy atom. The lowest BCUT2D eigenvalue weighted by Crippen LogP contribution is -2.14. The predicted octanol–water partition coefficient (Wildman–Crippen LogP) is 3.98. The van der Waals surface area contributed by atoms with E-state index in [0.717, 1.165) is 5.56 Å². The summed E-state index contributed by atoms with van der Waals surface area (Å²) in [6, 6.07) is 11.4. The number of carbonyl (C=O) groups excluding carboxylic acids is 2. The Morgan fingerprint density at radius 3 is 2.39 bits per heavy atom. The van der Waals surface area contributed by atoms with Crippen LogP contribution in [0, 0.1) is 6.92 Å². The van der Waals surface area contributed by atoms with Crippen molar-refractivity contribution in [2.75, 3.05) is 12.4 Å². The molecule has 1 amide bonds. The summed E-state index contributed by atoms with van der Waals surface area (Å²) >= 11 is 12.0. The van der Waals surface area contributed by atoms with Gasteiger partial charge < -0.3 is 10.1 Å². The molecule has 0 saturated carbocycles. The molecule has 9 heteroatoms. The molecule has 28 heavy (non-hydrogen) atoms. The SMILES string of the molecule is COC(=O)c1ccc(C(=O)Nc2nnn(Cc3ccc(Cl)c(Cl)c3)c2C)cc1. The van der Waals surface area contributed by atoms with Gasteiger partial charge in [-0.1, -0.05) is 34.5 Å². The summed E-state index contributed by atoms with van der Waals surface area (Å²) in [5.41, 5.74) is 2.33. The van der Waals surface area contributed by atoms with Crippen LogP contribution in [0.1, 0.15) is 32.0 Å². The largest absolute Gasteiger partial charge is 0.465 e. The molecule has 0 fully saturated rings. The third-order valence-electron chi connectivity index (χ3n) is 4.10. The molecule has 2 aromatic carbocycles. The average Bonchev–Trinajstić information content (AvgIpc) is 3.03.